The molecule has 0 saturated heterocycles. The van der Waals surface area contributed by atoms with Crippen LogP contribution in [0.5, 0.6) is 0 Å². The summed E-state index contributed by atoms with van der Waals surface area (Å²) >= 11 is 0. The molecule has 0 aliphatic carbocycles. The SMILES string of the molecule is CCOC(=O)CNN=C(C)N. The number of hydrazone groups is 1. The van der Waals surface area contributed by atoms with Crippen molar-refractivity contribution in [2.45, 2.75) is 13.8 Å². The van der Waals surface area contributed by atoms with Crippen molar-refractivity contribution < 1.29 is 9.53 Å². The Balaban J connectivity index is 3.39. The number of nitrogens with zero attached hydrogens (tertiary/aromatic N) is 1. The minimum Gasteiger partial charge on any atom is -0.465 e. The lowest BCUT2D eigenvalue weighted by atomic mass is 10.7. The first-order valence-electron chi connectivity index (χ1n) is 3.35. The van der Waals surface area contributed by atoms with Crippen LogP contribution in [-0.4, -0.2) is 25.0 Å². The first-order valence-corrected chi connectivity index (χ1v) is 3.35. The fraction of sp³-hybridized carbons (Fsp3) is 0.667. The molecular weight excluding hydrogens is 146 g/mol. The molecule has 0 bridgehead atoms. The number of amidine groups is 1. The van der Waals surface area contributed by atoms with Crippen molar-refractivity contribution in [2.75, 3.05) is 13.2 Å². The molecule has 0 aromatic carbocycles. The summed E-state index contributed by atoms with van der Waals surface area (Å²) in [5, 5.41) is 3.59. The Morgan fingerprint density at radius 3 is 2.82 bits per heavy atom. The third kappa shape index (κ3) is 6.63. The van der Waals surface area contributed by atoms with Gasteiger partial charge in [-0.15, -0.1) is 0 Å². The van der Waals surface area contributed by atoms with Crippen LogP contribution in [0.15, 0.2) is 5.10 Å². The molecule has 5 heteroatoms. The summed E-state index contributed by atoms with van der Waals surface area (Å²) in [5.41, 5.74) is 7.65. The van der Waals surface area contributed by atoms with Crippen LogP contribution in [0.3, 0.4) is 0 Å². The summed E-state index contributed by atoms with van der Waals surface area (Å²) in [6, 6.07) is 0. The largest absolute Gasteiger partial charge is 0.465 e. The Bertz CT molecular complexity index is 152. The van der Waals surface area contributed by atoms with E-state index in [1.165, 1.54) is 0 Å². The minimum atomic E-state index is -0.336. The predicted octanol–water partition coefficient (Wildman–Crippen LogP) is -0.569. The van der Waals surface area contributed by atoms with Crippen molar-refractivity contribution in [3.8, 4) is 0 Å². The molecule has 0 amide bonds. The Morgan fingerprint density at radius 2 is 2.36 bits per heavy atom. The molecule has 0 heterocycles. The molecule has 0 rings (SSSR count). The van der Waals surface area contributed by atoms with Gasteiger partial charge in [-0.2, -0.15) is 5.10 Å². The van der Waals surface area contributed by atoms with Crippen LogP contribution in [0.1, 0.15) is 13.8 Å². The maximum Gasteiger partial charge on any atom is 0.327 e. The molecule has 0 aliphatic heterocycles. The molecule has 64 valence electrons. The maximum atomic E-state index is 10.6. The van der Waals surface area contributed by atoms with Crippen LogP contribution in [0.2, 0.25) is 0 Å². The molecule has 0 spiro atoms. The smallest absolute Gasteiger partial charge is 0.327 e. The molecule has 0 saturated carbocycles. The zero-order valence-corrected chi connectivity index (χ0v) is 6.76. The van der Waals surface area contributed by atoms with E-state index in [1.807, 2.05) is 0 Å². The number of rotatable bonds is 4. The van der Waals surface area contributed by atoms with E-state index in [0.29, 0.717) is 12.4 Å². The van der Waals surface area contributed by atoms with Gasteiger partial charge in [0.2, 0.25) is 0 Å². The van der Waals surface area contributed by atoms with Gasteiger partial charge in [-0.3, -0.25) is 10.2 Å². The van der Waals surface area contributed by atoms with Crippen molar-refractivity contribution in [1.82, 2.24) is 5.43 Å². The van der Waals surface area contributed by atoms with Crippen LogP contribution in [0.25, 0.3) is 0 Å². The van der Waals surface area contributed by atoms with Crippen LogP contribution >= 0.6 is 0 Å². The first-order chi connectivity index (χ1) is 5.16. The number of hydrogen-bond donors (Lipinski definition) is 2. The maximum absolute atomic E-state index is 10.6. The molecule has 11 heavy (non-hydrogen) atoms. The number of ether oxygens (including phenoxy) is 1. The van der Waals surface area contributed by atoms with Crippen LogP contribution in [-0.2, 0) is 9.53 Å². The van der Waals surface area contributed by atoms with Crippen molar-refractivity contribution >= 4 is 11.8 Å². The van der Waals surface area contributed by atoms with Gasteiger partial charge in [-0.05, 0) is 13.8 Å². The second-order valence-electron chi connectivity index (χ2n) is 1.89. The van der Waals surface area contributed by atoms with E-state index in [2.05, 4.69) is 15.3 Å². The van der Waals surface area contributed by atoms with E-state index in [-0.39, 0.29) is 12.5 Å². The van der Waals surface area contributed by atoms with E-state index < -0.39 is 0 Å². The number of esters is 1. The molecule has 0 aromatic heterocycles. The number of nitrogens with two attached hydrogens (primary N) is 1. The Kier molecular flexibility index (Phi) is 4.89. The van der Waals surface area contributed by atoms with Gasteiger partial charge in [0.05, 0.1) is 6.61 Å². The molecule has 0 unspecified atom stereocenters. The average Bonchev–Trinajstić information content (AvgIpc) is 1.87. The van der Waals surface area contributed by atoms with Gasteiger partial charge in [0.1, 0.15) is 12.4 Å². The minimum absolute atomic E-state index is 0.0579. The summed E-state index contributed by atoms with van der Waals surface area (Å²) in [7, 11) is 0. The summed E-state index contributed by atoms with van der Waals surface area (Å²) in [6.45, 7) is 3.81. The quantitative estimate of drug-likeness (QED) is 0.249. The Morgan fingerprint density at radius 1 is 1.73 bits per heavy atom. The normalized spacial score (nSPS) is 10.9. The lowest BCUT2D eigenvalue weighted by molar-refractivity contribution is -0.141. The van der Waals surface area contributed by atoms with Crippen molar-refractivity contribution in [3.63, 3.8) is 0 Å². The van der Waals surface area contributed by atoms with Crippen molar-refractivity contribution in [2.24, 2.45) is 10.8 Å². The summed E-state index contributed by atoms with van der Waals surface area (Å²) in [6.07, 6.45) is 0. The van der Waals surface area contributed by atoms with Crippen molar-refractivity contribution in [3.05, 3.63) is 0 Å². The highest BCUT2D eigenvalue weighted by molar-refractivity contribution is 5.77. The monoisotopic (exact) mass is 159 g/mol. The summed E-state index contributed by atoms with van der Waals surface area (Å²) in [5.74, 6) is 0.0480. The fourth-order valence-corrected chi connectivity index (χ4v) is 0.441. The van der Waals surface area contributed by atoms with Gasteiger partial charge in [-0.1, -0.05) is 0 Å². The third-order valence-corrected chi connectivity index (χ3v) is 0.784. The Labute approximate surface area is 65.6 Å². The van der Waals surface area contributed by atoms with Crippen LogP contribution in [0.4, 0.5) is 0 Å². The molecule has 3 N–H and O–H groups in total. The molecule has 0 atom stereocenters. The number of hydrogen-bond acceptors (Lipinski definition) is 4. The zero-order chi connectivity index (χ0) is 8.69. The molecule has 0 aromatic rings. The fourth-order valence-electron chi connectivity index (χ4n) is 0.441. The molecular formula is C6H13N3O2. The first kappa shape index (κ1) is 9.74. The standard InChI is InChI=1S/C6H13N3O2/c1-3-11-6(10)4-8-9-5(2)7/h8H,3-4H2,1-2H3,(H2,7,9). The van der Waals surface area contributed by atoms with Gasteiger partial charge in [0.25, 0.3) is 0 Å². The third-order valence-electron chi connectivity index (χ3n) is 0.784. The highest BCUT2D eigenvalue weighted by Gasteiger charge is 1.97. The van der Waals surface area contributed by atoms with Crippen LogP contribution < -0.4 is 11.2 Å². The highest BCUT2D eigenvalue weighted by Crippen LogP contribution is 1.74. The van der Waals surface area contributed by atoms with Gasteiger partial charge in [-0.25, -0.2) is 0 Å². The van der Waals surface area contributed by atoms with E-state index in [0.717, 1.165) is 0 Å². The van der Waals surface area contributed by atoms with E-state index >= 15 is 0 Å². The molecule has 0 radical (unpaired) electrons. The van der Waals surface area contributed by atoms with Gasteiger partial charge in [0, 0.05) is 0 Å². The van der Waals surface area contributed by atoms with Crippen LogP contribution in [0, 0.1) is 0 Å². The van der Waals surface area contributed by atoms with Gasteiger partial charge in [0.15, 0.2) is 0 Å². The van der Waals surface area contributed by atoms with Crippen molar-refractivity contribution in [1.29, 1.82) is 0 Å². The topological polar surface area (TPSA) is 76.7 Å². The average molecular weight is 159 g/mol. The van der Waals surface area contributed by atoms with E-state index in [4.69, 9.17) is 5.73 Å². The van der Waals surface area contributed by atoms with E-state index in [9.17, 15) is 4.79 Å². The molecule has 0 fully saturated rings. The highest BCUT2D eigenvalue weighted by atomic mass is 16.5. The molecule has 5 nitrogen and oxygen atoms in total. The van der Waals surface area contributed by atoms with Gasteiger partial charge >= 0.3 is 5.97 Å². The second kappa shape index (κ2) is 5.52. The summed E-state index contributed by atoms with van der Waals surface area (Å²) < 4.78 is 4.61. The van der Waals surface area contributed by atoms with Gasteiger partial charge < -0.3 is 10.5 Å². The van der Waals surface area contributed by atoms with E-state index in [1.54, 1.807) is 13.8 Å². The summed E-state index contributed by atoms with van der Waals surface area (Å²) in [4.78, 5) is 10.6. The predicted molar refractivity (Wildman–Crippen MR) is 41.9 cm³/mol. The number of carbonyl (C=O) groups excluding carboxylic acids is 1. The second-order valence-corrected chi connectivity index (χ2v) is 1.89. The lowest BCUT2D eigenvalue weighted by Crippen LogP contribution is -2.23. The number of nitrogens with one attached hydrogen (secondary N) is 1. The Hall–Kier alpha value is -1.26. The lowest BCUT2D eigenvalue weighted by Gasteiger charge is -2.00. The zero-order valence-electron chi connectivity index (χ0n) is 6.76. The molecule has 0 aliphatic rings. The number of carbonyl (C=O) groups is 1.